The first-order chi connectivity index (χ1) is 7.29. The molecule has 1 atom stereocenters. The Morgan fingerprint density at radius 2 is 2.40 bits per heavy atom. The summed E-state index contributed by atoms with van der Waals surface area (Å²) in [6.07, 6.45) is 2.59. The van der Waals surface area contributed by atoms with Gasteiger partial charge in [0.25, 0.3) is 0 Å². The molecule has 2 heterocycles. The predicted octanol–water partition coefficient (Wildman–Crippen LogP) is 1.42. The Balaban J connectivity index is 1.97. The molecule has 1 saturated heterocycles. The van der Waals surface area contributed by atoms with Crippen LogP contribution in [0.1, 0.15) is 24.8 Å². The Labute approximate surface area is 94.7 Å². The first-order valence-electron chi connectivity index (χ1n) is 5.58. The lowest BCUT2D eigenvalue weighted by Crippen LogP contribution is -2.37. The quantitative estimate of drug-likeness (QED) is 0.843. The zero-order valence-electron chi connectivity index (χ0n) is 9.36. The smallest absolute Gasteiger partial charge is 0.208 e. The topological polar surface area (TPSA) is 41.0 Å². The van der Waals surface area contributed by atoms with Gasteiger partial charge in [-0.05, 0) is 33.2 Å². The fourth-order valence-electron chi connectivity index (χ4n) is 1.93. The molecule has 1 aromatic heterocycles. The molecule has 2 rings (SSSR count). The Hall–Kier alpha value is -0.680. The van der Waals surface area contributed by atoms with E-state index in [1.54, 1.807) is 11.3 Å². The maximum Gasteiger partial charge on any atom is 0.208 e. The highest BCUT2D eigenvalue weighted by atomic mass is 32.1. The summed E-state index contributed by atoms with van der Waals surface area (Å²) in [5.41, 5.74) is 0. The molecule has 0 radical (unpaired) electrons. The fraction of sp³-hybridized carbons (Fsp3) is 0.800. The van der Waals surface area contributed by atoms with E-state index in [1.165, 1.54) is 12.8 Å². The van der Waals surface area contributed by atoms with Gasteiger partial charge in [0.2, 0.25) is 5.13 Å². The molecule has 1 fully saturated rings. The van der Waals surface area contributed by atoms with Crippen molar-refractivity contribution >= 4 is 16.5 Å². The van der Waals surface area contributed by atoms with Gasteiger partial charge in [0.15, 0.2) is 0 Å². The van der Waals surface area contributed by atoms with E-state index < -0.39 is 0 Å². The molecule has 0 saturated carbocycles. The summed E-state index contributed by atoms with van der Waals surface area (Å²) in [5.74, 6) is 0. The average molecular weight is 226 g/mol. The molecular weight excluding hydrogens is 208 g/mol. The molecule has 1 aromatic rings. The number of rotatable bonds is 4. The van der Waals surface area contributed by atoms with Gasteiger partial charge in [-0.25, -0.2) is 0 Å². The van der Waals surface area contributed by atoms with Gasteiger partial charge in [-0.2, -0.15) is 0 Å². The molecule has 1 N–H and O–H groups in total. The van der Waals surface area contributed by atoms with Crippen molar-refractivity contribution in [3.63, 3.8) is 0 Å². The molecule has 1 unspecified atom stereocenters. The van der Waals surface area contributed by atoms with E-state index in [2.05, 4.69) is 27.3 Å². The minimum atomic E-state index is 0.633. The van der Waals surface area contributed by atoms with Crippen molar-refractivity contribution in [2.24, 2.45) is 0 Å². The van der Waals surface area contributed by atoms with Crippen molar-refractivity contribution in [3.05, 3.63) is 5.01 Å². The zero-order chi connectivity index (χ0) is 10.7. The van der Waals surface area contributed by atoms with Crippen LogP contribution < -0.4 is 10.2 Å². The molecular formula is C10H18N4S. The van der Waals surface area contributed by atoms with E-state index in [4.69, 9.17) is 0 Å². The molecule has 0 spiro atoms. The van der Waals surface area contributed by atoms with Gasteiger partial charge in [-0.3, -0.25) is 0 Å². The van der Waals surface area contributed by atoms with Crippen LogP contribution in [0.3, 0.4) is 0 Å². The largest absolute Gasteiger partial charge is 0.345 e. The maximum atomic E-state index is 4.20. The summed E-state index contributed by atoms with van der Waals surface area (Å²) in [6.45, 7) is 7.41. The summed E-state index contributed by atoms with van der Waals surface area (Å²) in [4.78, 5) is 2.31. The SMILES string of the molecule is CCN(CC1CCCN1)c1nnc(C)s1. The number of nitrogens with zero attached hydrogens (tertiary/aromatic N) is 3. The Morgan fingerprint density at radius 1 is 1.53 bits per heavy atom. The van der Waals surface area contributed by atoms with Crippen LogP contribution in [-0.2, 0) is 0 Å². The van der Waals surface area contributed by atoms with Gasteiger partial charge in [-0.1, -0.05) is 11.3 Å². The van der Waals surface area contributed by atoms with Crippen LogP contribution in [0.15, 0.2) is 0 Å². The van der Waals surface area contributed by atoms with E-state index in [-0.39, 0.29) is 0 Å². The molecule has 4 nitrogen and oxygen atoms in total. The van der Waals surface area contributed by atoms with Gasteiger partial charge in [0.1, 0.15) is 5.01 Å². The number of hydrogen-bond acceptors (Lipinski definition) is 5. The maximum absolute atomic E-state index is 4.20. The second-order valence-corrected chi connectivity index (χ2v) is 5.10. The van der Waals surface area contributed by atoms with Crippen molar-refractivity contribution in [2.75, 3.05) is 24.5 Å². The number of aryl methyl sites for hydroxylation is 1. The second-order valence-electron chi connectivity index (χ2n) is 3.94. The van der Waals surface area contributed by atoms with Crippen LogP contribution in [0, 0.1) is 6.92 Å². The second kappa shape index (κ2) is 4.90. The van der Waals surface area contributed by atoms with Crippen LogP contribution in [0.4, 0.5) is 5.13 Å². The van der Waals surface area contributed by atoms with Gasteiger partial charge < -0.3 is 10.2 Å². The lowest BCUT2D eigenvalue weighted by molar-refractivity contribution is 0.585. The molecule has 0 aliphatic carbocycles. The van der Waals surface area contributed by atoms with Crippen LogP contribution in [-0.4, -0.2) is 35.9 Å². The summed E-state index contributed by atoms with van der Waals surface area (Å²) in [6, 6.07) is 0.633. The minimum Gasteiger partial charge on any atom is -0.345 e. The van der Waals surface area contributed by atoms with E-state index in [1.807, 2.05) is 6.92 Å². The first-order valence-corrected chi connectivity index (χ1v) is 6.39. The minimum absolute atomic E-state index is 0.633. The lowest BCUT2D eigenvalue weighted by Gasteiger charge is -2.23. The van der Waals surface area contributed by atoms with E-state index in [0.717, 1.165) is 29.8 Å². The molecule has 0 bridgehead atoms. The third-order valence-electron chi connectivity index (χ3n) is 2.77. The summed E-state index contributed by atoms with van der Waals surface area (Å²) >= 11 is 1.68. The summed E-state index contributed by atoms with van der Waals surface area (Å²) in [7, 11) is 0. The number of hydrogen-bond donors (Lipinski definition) is 1. The van der Waals surface area contributed by atoms with Crippen LogP contribution in [0.2, 0.25) is 0 Å². The van der Waals surface area contributed by atoms with Crippen molar-refractivity contribution in [3.8, 4) is 0 Å². The predicted molar refractivity (Wildman–Crippen MR) is 63.6 cm³/mol. The standard InChI is InChI=1S/C10H18N4S/c1-3-14(7-9-5-4-6-11-9)10-13-12-8(2)15-10/h9,11H,3-7H2,1-2H3. The highest BCUT2D eigenvalue weighted by molar-refractivity contribution is 7.15. The van der Waals surface area contributed by atoms with Gasteiger partial charge in [0, 0.05) is 19.1 Å². The highest BCUT2D eigenvalue weighted by Gasteiger charge is 2.18. The molecule has 84 valence electrons. The third-order valence-corrected chi connectivity index (χ3v) is 3.67. The molecule has 5 heteroatoms. The van der Waals surface area contributed by atoms with Crippen LogP contribution in [0.5, 0.6) is 0 Å². The molecule has 15 heavy (non-hydrogen) atoms. The Morgan fingerprint density at radius 3 is 2.93 bits per heavy atom. The lowest BCUT2D eigenvalue weighted by atomic mass is 10.2. The van der Waals surface area contributed by atoms with Gasteiger partial charge >= 0.3 is 0 Å². The van der Waals surface area contributed by atoms with Crippen molar-refractivity contribution in [1.82, 2.24) is 15.5 Å². The molecule has 1 aliphatic rings. The van der Waals surface area contributed by atoms with Crippen LogP contribution >= 0.6 is 11.3 Å². The number of nitrogens with one attached hydrogen (secondary N) is 1. The average Bonchev–Trinajstić information content (AvgIpc) is 2.85. The first kappa shape index (κ1) is 10.8. The number of anilines is 1. The summed E-state index contributed by atoms with van der Waals surface area (Å²) in [5, 5.41) is 13.9. The van der Waals surface area contributed by atoms with Crippen molar-refractivity contribution in [2.45, 2.75) is 32.7 Å². The molecule has 0 aromatic carbocycles. The van der Waals surface area contributed by atoms with Gasteiger partial charge in [-0.15, -0.1) is 10.2 Å². The van der Waals surface area contributed by atoms with E-state index in [9.17, 15) is 0 Å². The van der Waals surface area contributed by atoms with Crippen molar-refractivity contribution < 1.29 is 0 Å². The van der Waals surface area contributed by atoms with E-state index in [0.29, 0.717) is 6.04 Å². The molecule has 1 aliphatic heterocycles. The van der Waals surface area contributed by atoms with E-state index >= 15 is 0 Å². The van der Waals surface area contributed by atoms with Crippen molar-refractivity contribution in [1.29, 1.82) is 0 Å². The summed E-state index contributed by atoms with van der Waals surface area (Å²) < 4.78 is 0. The number of likely N-dealkylation sites (N-methyl/N-ethyl adjacent to an activating group) is 1. The van der Waals surface area contributed by atoms with Crippen LogP contribution in [0.25, 0.3) is 0 Å². The monoisotopic (exact) mass is 226 g/mol. The normalized spacial score (nSPS) is 20.8. The number of aromatic nitrogens is 2. The zero-order valence-corrected chi connectivity index (χ0v) is 10.2. The Bertz CT molecular complexity index is 306. The Kier molecular flexibility index (Phi) is 3.53. The highest BCUT2D eigenvalue weighted by Crippen LogP contribution is 2.20. The fourth-order valence-corrected chi connectivity index (χ4v) is 2.70. The third kappa shape index (κ3) is 2.66. The van der Waals surface area contributed by atoms with Gasteiger partial charge in [0.05, 0.1) is 0 Å². The molecule has 0 amide bonds.